The fourth-order valence-corrected chi connectivity index (χ4v) is 3.98. The smallest absolute Gasteiger partial charge is 0.323 e. The van der Waals surface area contributed by atoms with E-state index in [1.54, 1.807) is 0 Å². The molecule has 2 atom stereocenters. The lowest BCUT2D eigenvalue weighted by atomic mass is 10.00. The lowest BCUT2D eigenvalue weighted by molar-refractivity contribution is 0.141. The third-order valence-electron chi connectivity index (χ3n) is 3.82. The fraction of sp³-hybridized carbons (Fsp3) is 1.00. The van der Waals surface area contributed by atoms with E-state index in [0.717, 1.165) is 38.5 Å². The zero-order chi connectivity index (χ0) is 15.4. The molecule has 0 aliphatic heterocycles. The average molecular weight is 307 g/mol. The minimum absolute atomic E-state index is 0.235. The Labute approximate surface area is 125 Å². The minimum Gasteiger partial charge on any atom is -0.323 e. The lowest BCUT2D eigenvalue weighted by Gasteiger charge is -2.23. The highest BCUT2D eigenvalue weighted by Gasteiger charge is 2.31. The van der Waals surface area contributed by atoms with E-state index in [0.29, 0.717) is 12.5 Å². The van der Waals surface area contributed by atoms with Crippen molar-refractivity contribution in [1.29, 1.82) is 0 Å². The van der Waals surface area contributed by atoms with Gasteiger partial charge in [0.1, 0.15) is 0 Å². The zero-order valence-corrected chi connectivity index (χ0v) is 14.6. The molecule has 5 heteroatoms. The highest BCUT2D eigenvalue weighted by molar-refractivity contribution is 7.53. The molecule has 0 rings (SSSR count). The molecule has 122 valence electrons. The van der Waals surface area contributed by atoms with Crippen molar-refractivity contribution in [1.82, 2.24) is 5.48 Å². The van der Waals surface area contributed by atoms with Gasteiger partial charge in [-0.25, -0.2) is 4.62 Å². The first-order valence-corrected chi connectivity index (χ1v) is 9.90. The predicted molar refractivity (Wildman–Crippen MR) is 85.8 cm³/mol. The highest BCUT2D eigenvalue weighted by Crippen LogP contribution is 2.50. The van der Waals surface area contributed by atoms with Crippen LogP contribution in [-0.2, 0) is 9.19 Å². The van der Waals surface area contributed by atoms with Crippen molar-refractivity contribution in [2.75, 3.05) is 6.54 Å². The number of rotatable bonds is 13. The topological polar surface area (TPSA) is 58.6 Å². The van der Waals surface area contributed by atoms with Crippen LogP contribution >= 0.6 is 7.60 Å². The van der Waals surface area contributed by atoms with E-state index in [4.69, 9.17) is 4.62 Å². The summed E-state index contributed by atoms with van der Waals surface area (Å²) in [6.45, 7) is 9.06. The van der Waals surface area contributed by atoms with Crippen LogP contribution in [0, 0.1) is 5.92 Å². The largest absolute Gasteiger partial charge is 0.347 e. The van der Waals surface area contributed by atoms with Crippen molar-refractivity contribution in [2.24, 2.45) is 5.92 Å². The molecular formula is C15H34NO3P. The van der Waals surface area contributed by atoms with Gasteiger partial charge in [-0.15, -0.1) is 0 Å². The molecule has 0 aromatic rings. The number of hydrogen-bond donors (Lipinski definition) is 2. The normalized spacial score (nSPS) is 16.3. The van der Waals surface area contributed by atoms with Crippen LogP contribution in [0.4, 0.5) is 0 Å². The molecule has 4 nitrogen and oxygen atoms in total. The Kier molecular flexibility index (Phi) is 11.8. The molecule has 0 aromatic carbocycles. The Morgan fingerprint density at radius 1 is 1.05 bits per heavy atom. The van der Waals surface area contributed by atoms with Crippen LogP contribution in [0.5, 0.6) is 0 Å². The monoisotopic (exact) mass is 307 g/mol. The standard InChI is InChI=1S/C15H34NO3P/c1-5-9-12-14(8-4)13-16-19-20(17,18)15(10-6-2)11-7-3/h14-16H,5-13H2,1-4H3,(H,17,18). The summed E-state index contributed by atoms with van der Waals surface area (Å²) in [5.41, 5.74) is 2.53. The molecule has 0 saturated carbocycles. The molecule has 0 amide bonds. The molecule has 2 N–H and O–H groups in total. The Balaban J connectivity index is 4.20. The lowest BCUT2D eigenvalue weighted by Crippen LogP contribution is -2.24. The molecule has 0 heterocycles. The van der Waals surface area contributed by atoms with Gasteiger partial charge in [-0.2, -0.15) is 5.48 Å². The van der Waals surface area contributed by atoms with Crippen LogP contribution in [0.1, 0.15) is 79.1 Å². The van der Waals surface area contributed by atoms with E-state index in [-0.39, 0.29) is 5.66 Å². The Morgan fingerprint density at radius 2 is 1.65 bits per heavy atom. The second-order valence-electron chi connectivity index (χ2n) is 5.65. The Bertz CT molecular complexity index is 268. The highest BCUT2D eigenvalue weighted by atomic mass is 31.2. The molecule has 0 aliphatic carbocycles. The molecule has 0 aliphatic rings. The van der Waals surface area contributed by atoms with E-state index < -0.39 is 7.60 Å². The quantitative estimate of drug-likeness (QED) is 0.376. The van der Waals surface area contributed by atoms with E-state index in [1.807, 2.05) is 13.8 Å². The number of nitrogens with one attached hydrogen (secondary N) is 1. The summed E-state index contributed by atoms with van der Waals surface area (Å²) in [5, 5.41) is 0. The third-order valence-corrected chi connectivity index (χ3v) is 5.65. The zero-order valence-electron chi connectivity index (χ0n) is 13.7. The number of hydroxylamine groups is 1. The van der Waals surface area contributed by atoms with Gasteiger partial charge in [-0.3, -0.25) is 4.57 Å². The number of unbranched alkanes of at least 4 members (excludes halogenated alkanes) is 1. The van der Waals surface area contributed by atoms with Crippen LogP contribution < -0.4 is 5.48 Å². The van der Waals surface area contributed by atoms with Gasteiger partial charge in [-0.05, 0) is 25.2 Å². The summed E-state index contributed by atoms with van der Waals surface area (Å²) in [6, 6.07) is 0. The maximum atomic E-state index is 12.2. The summed E-state index contributed by atoms with van der Waals surface area (Å²) in [5.74, 6) is 0.519. The molecule has 0 spiro atoms. The molecule has 20 heavy (non-hydrogen) atoms. The summed E-state index contributed by atoms with van der Waals surface area (Å²) in [7, 11) is -3.54. The van der Waals surface area contributed by atoms with Crippen molar-refractivity contribution in [3.05, 3.63) is 0 Å². The van der Waals surface area contributed by atoms with Gasteiger partial charge in [0, 0.05) is 6.54 Å². The number of hydrogen-bond acceptors (Lipinski definition) is 3. The van der Waals surface area contributed by atoms with E-state index >= 15 is 0 Å². The van der Waals surface area contributed by atoms with Crippen LogP contribution in [0.3, 0.4) is 0 Å². The van der Waals surface area contributed by atoms with E-state index in [1.165, 1.54) is 12.8 Å². The van der Waals surface area contributed by atoms with Gasteiger partial charge in [-0.1, -0.05) is 59.8 Å². The molecule has 0 aromatic heterocycles. The van der Waals surface area contributed by atoms with Crippen LogP contribution in [0.15, 0.2) is 0 Å². The fourth-order valence-electron chi connectivity index (χ4n) is 2.40. The van der Waals surface area contributed by atoms with Gasteiger partial charge >= 0.3 is 7.60 Å². The predicted octanol–water partition coefficient (Wildman–Crippen LogP) is 4.88. The molecule has 0 bridgehead atoms. The molecule has 0 saturated heterocycles. The van der Waals surface area contributed by atoms with Crippen molar-refractivity contribution in [2.45, 2.75) is 84.7 Å². The molecule has 2 unspecified atom stereocenters. The van der Waals surface area contributed by atoms with Gasteiger partial charge in [0.25, 0.3) is 0 Å². The molecular weight excluding hydrogens is 273 g/mol. The van der Waals surface area contributed by atoms with Gasteiger partial charge in [0.05, 0.1) is 5.66 Å². The SMILES string of the molecule is CCCCC(CC)CNOP(=O)(O)C(CCC)CCC. The Morgan fingerprint density at radius 3 is 2.10 bits per heavy atom. The third kappa shape index (κ3) is 8.41. The second kappa shape index (κ2) is 11.7. The van der Waals surface area contributed by atoms with Crippen molar-refractivity contribution in [3.8, 4) is 0 Å². The maximum Gasteiger partial charge on any atom is 0.347 e. The summed E-state index contributed by atoms with van der Waals surface area (Å²) in [4.78, 5) is 10.1. The van der Waals surface area contributed by atoms with Gasteiger partial charge < -0.3 is 4.89 Å². The van der Waals surface area contributed by atoms with Crippen molar-refractivity contribution in [3.63, 3.8) is 0 Å². The minimum atomic E-state index is -3.54. The first-order valence-electron chi connectivity index (χ1n) is 8.25. The van der Waals surface area contributed by atoms with Gasteiger partial charge in [0.15, 0.2) is 0 Å². The first kappa shape index (κ1) is 20.1. The van der Waals surface area contributed by atoms with Crippen molar-refractivity contribution >= 4 is 7.60 Å². The first-order chi connectivity index (χ1) is 9.51. The van der Waals surface area contributed by atoms with E-state index in [2.05, 4.69) is 19.3 Å². The summed E-state index contributed by atoms with van der Waals surface area (Å²) in [6.07, 6.45) is 7.91. The van der Waals surface area contributed by atoms with Gasteiger partial charge in [0.2, 0.25) is 0 Å². The second-order valence-corrected chi connectivity index (χ2v) is 7.69. The average Bonchev–Trinajstić information content (AvgIpc) is 2.42. The van der Waals surface area contributed by atoms with Crippen LogP contribution in [0.25, 0.3) is 0 Å². The summed E-state index contributed by atoms with van der Waals surface area (Å²) < 4.78 is 17.4. The van der Waals surface area contributed by atoms with Crippen LogP contribution in [0.2, 0.25) is 0 Å². The van der Waals surface area contributed by atoms with Crippen molar-refractivity contribution < 1.29 is 14.1 Å². The Hall–Kier alpha value is 0.110. The van der Waals surface area contributed by atoms with E-state index in [9.17, 15) is 9.46 Å². The molecule has 0 radical (unpaired) electrons. The molecule has 0 fully saturated rings. The maximum absolute atomic E-state index is 12.2. The summed E-state index contributed by atoms with van der Waals surface area (Å²) >= 11 is 0. The van der Waals surface area contributed by atoms with Crippen LogP contribution in [-0.4, -0.2) is 17.1 Å².